The standard InChI is InChI=1S/C15H12BrCl2N3/c1-9-11(16)3-2-4-13(9)21-14(5-6-17)20-12-7-10(18)8-19-15(12)21/h2-4,7-8H,5-6H2,1H3. The van der Waals surface area contributed by atoms with E-state index in [4.69, 9.17) is 23.2 Å². The van der Waals surface area contributed by atoms with Crippen LogP contribution in [0.1, 0.15) is 11.4 Å². The quantitative estimate of drug-likeness (QED) is 0.599. The number of pyridine rings is 1. The summed E-state index contributed by atoms with van der Waals surface area (Å²) in [5, 5.41) is 0.579. The lowest BCUT2D eigenvalue weighted by atomic mass is 10.2. The number of fused-ring (bicyclic) bond motifs is 1. The largest absolute Gasteiger partial charge is 0.280 e. The zero-order valence-electron chi connectivity index (χ0n) is 11.3. The van der Waals surface area contributed by atoms with Crippen LogP contribution >= 0.6 is 39.1 Å². The highest BCUT2D eigenvalue weighted by Gasteiger charge is 2.15. The molecule has 21 heavy (non-hydrogen) atoms. The van der Waals surface area contributed by atoms with Crippen LogP contribution in [0.25, 0.3) is 16.9 Å². The molecular weight excluding hydrogens is 373 g/mol. The van der Waals surface area contributed by atoms with Gasteiger partial charge in [-0.1, -0.05) is 33.6 Å². The summed E-state index contributed by atoms with van der Waals surface area (Å²) in [6.07, 6.45) is 2.31. The summed E-state index contributed by atoms with van der Waals surface area (Å²) < 4.78 is 3.10. The minimum atomic E-state index is 0.504. The van der Waals surface area contributed by atoms with Gasteiger partial charge >= 0.3 is 0 Å². The van der Waals surface area contributed by atoms with Gasteiger partial charge in [0.1, 0.15) is 11.3 Å². The Labute approximate surface area is 141 Å². The van der Waals surface area contributed by atoms with Crippen LogP contribution in [0.15, 0.2) is 34.9 Å². The molecule has 0 bridgehead atoms. The molecule has 0 unspecified atom stereocenters. The molecule has 0 aliphatic carbocycles. The summed E-state index contributed by atoms with van der Waals surface area (Å²) in [6.45, 7) is 2.06. The fourth-order valence-electron chi connectivity index (χ4n) is 2.33. The Morgan fingerprint density at radius 2 is 2.14 bits per heavy atom. The molecule has 1 aromatic carbocycles. The minimum absolute atomic E-state index is 0.504. The number of rotatable bonds is 3. The molecule has 108 valence electrons. The molecule has 2 heterocycles. The monoisotopic (exact) mass is 383 g/mol. The van der Waals surface area contributed by atoms with E-state index in [9.17, 15) is 0 Å². The summed E-state index contributed by atoms with van der Waals surface area (Å²) in [5.41, 5.74) is 3.74. The third-order valence-corrected chi connectivity index (χ3v) is 4.59. The van der Waals surface area contributed by atoms with Gasteiger partial charge in [-0.15, -0.1) is 11.6 Å². The fraction of sp³-hybridized carbons (Fsp3) is 0.200. The zero-order valence-corrected chi connectivity index (χ0v) is 14.4. The van der Waals surface area contributed by atoms with Crippen molar-refractivity contribution in [3.8, 4) is 5.69 Å². The number of aromatic nitrogens is 3. The van der Waals surface area contributed by atoms with Gasteiger partial charge in [0.2, 0.25) is 0 Å². The average molecular weight is 385 g/mol. The second-order valence-electron chi connectivity index (χ2n) is 4.68. The van der Waals surface area contributed by atoms with E-state index in [0.717, 1.165) is 32.7 Å². The first-order chi connectivity index (χ1) is 10.1. The number of alkyl halides is 1. The van der Waals surface area contributed by atoms with Gasteiger partial charge in [-0.3, -0.25) is 4.57 Å². The highest BCUT2D eigenvalue weighted by atomic mass is 79.9. The smallest absolute Gasteiger partial charge is 0.164 e. The van der Waals surface area contributed by atoms with Crippen molar-refractivity contribution < 1.29 is 0 Å². The van der Waals surface area contributed by atoms with Crippen molar-refractivity contribution >= 4 is 50.3 Å². The molecular formula is C15H12BrCl2N3. The van der Waals surface area contributed by atoms with Crippen molar-refractivity contribution in [2.45, 2.75) is 13.3 Å². The van der Waals surface area contributed by atoms with Crippen molar-refractivity contribution in [1.29, 1.82) is 0 Å². The first-order valence-corrected chi connectivity index (χ1v) is 8.16. The third-order valence-electron chi connectivity index (χ3n) is 3.33. The van der Waals surface area contributed by atoms with Crippen LogP contribution in [0.5, 0.6) is 0 Å². The Bertz CT molecular complexity index is 814. The molecule has 0 amide bonds. The maximum Gasteiger partial charge on any atom is 0.164 e. The summed E-state index contributed by atoms with van der Waals surface area (Å²) in [4.78, 5) is 9.07. The van der Waals surface area contributed by atoms with Crippen molar-refractivity contribution in [3.63, 3.8) is 0 Å². The van der Waals surface area contributed by atoms with Gasteiger partial charge < -0.3 is 0 Å². The SMILES string of the molecule is Cc1c(Br)cccc1-n1c(CCCl)nc2cc(Cl)cnc21. The average Bonchev–Trinajstić information content (AvgIpc) is 2.79. The number of aryl methyl sites for hydroxylation is 1. The molecule has 0 radical (unpaired) electrons. The molecule has 3 aromatic rings. The van der Waals surface area contributed by atoms with Crippen LogP contribution in [0.3, 0.4) is 0 Å². The van der Waals surface area contributed by atoms with Gasteiger partial charge in [0.25, 0.3) is 0 Å². The van der Waals surface area contributed by atoms with E-state index in [0.29, 0.717) is 17.3 Å². The van der Waals surface area contributed by atoms with Crippen LogP contribution < -0.4 is 0 Å². The molecule has 3 rings (SSSR count). The Kier molecular flexibility index (Phi) is 4.20. The van der Waals surface area contributed by atoms with Crippen LogP contribution in [0, 0.1) is 6.92 Å². The first kappa shape index (κ1) is 14.8. The van der Waals surface area contributed by atoms with Gasteiger partial charge in [-0.25, -0.2) is 9.97 Å². The fourth-order valence-corrected chi connectivity index (χ4v) is 3.01. The lowest BCUT2D eigenvalue weighted by Crippen LogP contribution is -2.05. The van der Waals surface area contributed by atoms with Crippen molar-refractivity contribution in [2.24, 2.45) is 0 Å². The molecule has 0 N–H and O–H groups in total. The van der Waals surface area contributed by atoms with Crippen molar-refractivity contribution in [2.75, 3.05) is 5.88 Å². The molecule has 0 spiro atoms. The number of halogens is 3. The number of nitrogens with zero attached hydrogens (tertiary/aromatic N) is 3. The van der Waals surface area contributed by atoms with E-state index in [1.54, 1.807) is 6.20 Å². The molecule has 0 aliphatic rings. The molecule has 0 aliphatic heterocycles. The summed E-state index contributed by atoms with van der Waals surface area (Å²) in [7, 11) is 0. The summed E-state index contributed by atoms with van der Waals surface area (Å²) >= 11 is 15.5. The van der Waals surface area contributed by atoms with Gasteiger partial charge in [0, 0.05) is 23.0 Å². The van der Waals surface area contributed by atoms with Crippen molar-refractivity contribution in [3.05, 3.63) is 51.3 Å². The normalized spacial score (nSPS) is 11.2. The number of imidazole rings is 1. The van der Waals surface area contributed by atoms with Crippen molar-refractivity contribution in [1.82, 2.24) is 14.5 Å². The highest BCUT2D eigenvalue weighted by Crippen LogP contribution is 2.28. The van der Waals surface area contributed by atoms with E-state index in [1.165, 1.54) is 0 Å². The Balaban J connectivity index is 2.33. The van der Waals surface area contributed by atoms with E-state index in [-0.39, 0.29) is 0 Å². The maximum atomic E-state index is 6.01. The van der Waals surface area contributed by atoms with Crippen LogP contribution in [0.2, 0.25) is 5.02 Å². The Morgan fingerprint density at radius 3 is 2.90 bits per heavy atom. The number of hydrogen-bond acceptors (Lipinski definition) is 2. The highest BCUT2D eigenvalue weighted by molar-refractivity contribution is 9.10. The minimum Gasteiger partial charge on any atom is -0.280 e. The summed E-state index contributed by atoms with van der Waals surface area (Å²) in [5.74, 6) is 1.39. The lowest BCUT2D eigenvalue weighted by Gasteiger charge is -2.12. The van der Waals surface area contributed by atoms with Gasteiger partial charge in [0.05, 0.1) is 10.7 Å². The molecule has 0 saturated heterocycles. The number of hydrogen-bond donors (Lipinski definition) is 0. The Morgan fingerprint density at radius 1 is 1.33 bits per heavy atom. The van der Waals surface area contributed by atoms with Crippen LogP contribution in [-0.2, 0) is 6.42 Å². The first-order valence-electron chi connectivity index (χ1n) is 6.46. The second kappa shape index (κ2) is 5.95. The molecule has 0 atom stereocenters. The second-order valence-corrected chi connectivity index (χ2v) is 6.35. The predicted molar refractivity (Wildman–Crippen MR) is 90.7 cm³/mol. The molecule has 6 heteroatoms. The maximum absolute atomic E-state index is 6.01. The zero-order chi connectivity index (χ0) is 15.0. The summed E-state index contributed by atoms with van der Waals surface area (Å²) in [6, 6.07) is 7.89. The van der Waals surface area contributed by atoms with E-state index in [1.807, 2.05) is 22.8 Å². The van der Waals surface area contributed by atoms with E-state index >= 15 is 0 Å². The third kappa shape index (κ3) is 2.68. The van der Waals surface area contributed by atoms with Crippen LogP contribution in [0.4, 0.5) is 0 Å². The molecule has 3 nitrogen and oxygen atoms in total. The molecule has 2 aromatic heterocycles. The van der Waals surface area contributed by atoms with Crippen LogP contribution in [-0.4, -0.2) is 20.4 Å². The number of benzene rings is 1. The predicted octanol–water partition coefficient (Wildman–Crippen LogP) is 4.93. The Hall–Kier alpha value is -1.10. The van der Waals surface area contributed by atoms with Gasteiger partial charge in [-0.05, 0) is 30.7 Å². The topological polar surface area (TPSA) is 30.7 Å². The van der Waals surface area contributed by atoms with Gasteiger partial charge in [0.15, 0.2) is 5.65 Å². The lowest BCUT2D eigenvalue weighted by molar-refractivity contribution is 0.899. The molecule has 0 saturated carbocycles. The molecule has 0 fully saturated rings. The van der Waals surface area contributed by atoms with E-state index in [2.05, 4.69) is 38.9 Å². The van der Waals surface area contributed by atoms with Gasteiger partial charge in [-0.2, -0.15) is 0 Å². The van der Waals surface area contributed by atoms with E-state index < -0.39 is 0 Å².